The predicted octanol–water partition coefficient (Wildman–Crippen LogP) is 1.86. The van der Waals surface area contributed by atoms with Gasteiger partial charge in [-0.3, -0.25) is 11.3 Å². The Morgan fingerprint density at radius 1 is 1.10 bits per heavy atom. The quantitative estimate of drug-likeness (QED) is 0.614. The summed E-state index contributed by atoms with van der Waals surface area (Å²) in [5.74, 6) is 8.74. The standard InChI is InChI=1S/C15H28N2O2S/c1-20(18,19)13-4-2-3-12(9-13)15(17-16)14-8-10-5-6-11(14)7-10/h10-15,17H,2-9,16H2,1H3. The third-order valence-electron chi connectivity index (χ3n) is 6.23. The highest BCUT2D eigenvalue weighted by Crippen LogP contribution is 2.51. The van der Waals surface area contributed by atoms with Crippen LogP contribution in [0.3, 0.4) is 0 Å². The number of sulfone groups is 1. The minimum atomic E-state index is -2.90. The van der Waals surface area contributed by atoms with Gasteiger partial charge in [0.05, 0.1) is 5.25 Å². The van der Waals surface area contributed by atoms with Crippen molar-refractivity contribution >= 4 is 9.84 Å². The van der Waals surface area contributed by atoms with Gasteiger partial charge in [0, 0.05) is 12.3 Å². The maximum atomic E-state index is 11.8. The van der Waals surface area contributed by atoms with E-state index in [1.807, 2.05) is 0 Å². The maximum Gasteiger partial charge on any atom is 0.150 e. The Morgan fingerprint density at radius 2 is 1.90 bits per heavy atom. The summed E-state index contributed by atoms with van der Waals surface area (Å²) >= 11 is 0. The number of hydrogen-bond acceptors (Lipinski definition) is 4. The van der Waals surface area contributed by atoms with Crippen LogP contribution in [-0.4, -0.2) is 26.0 Å². The van der Waals surface area contributed by atoms with Crippen LogP contribution in [0.15, 0.2) is 0 Å². The molecule has 0 aliphatic heterocycles. The molecule has 0 aromatic heterocycles. The van der Waals surface area contributed by atoms with E-state index in [9.17, 15) is 8.42 Å². The van der Waals surface area contributed by atoms with Gasteiger partial charge in [-0.1, -0.05) is 12.8 Å². The average Bonchev–Trinajstić information content (AvgIpc) is 3.02. The molecule has 0 aromatic rings. The van der Waals surface area contributed by atoms with E-state index in [0.717, 1.165) is 37.5 Å². The van der Waals surface area contributed by atoms with E-state index in [2.05, 4.69) is 5.43 Å². The summed E-state index contributed by atoms with van der Waals surface area (Å²) in [5, 5.41) is -0.143. The van der Waals surface area contributed by atoms with E-state index in [4.69, 9.17) is 5.84 Å². The lowest BCUT2D eigenvalue weighted by molar-refractivity contribution is 0.162. The first-order chi connectivity index (χ1) is 9.49. The molecular formula is C15H28N2O2S. The van der Waals surface area contributed by atoms with Crippen molar-refractivity contribution in [1.82, 2.24) is 5.43 Å². The molecule has 3 aliphatic rings. The molecule has 116 valence electrons. The van der Waals surface area contributed by atoms with Crippen LogP contribution in [0.1, 0.15) is 51.4 Å². The number of rotatable bonds is 4. The second kappa shape index (κ2) is 5.58. The first-order valence-electron chi connectivity index (χ1n) is 8.14. The third-order valence-corrected chi connectivity index (χ3v) is 7.87. The topological polar surface area (TPSA) is 72.2 Å². The predicted molar refractivity (Wildman–Crippen MR) is 80.6 cm³/mol. The molecule has 0 radical (unpaired) electrons. The van der Waals surface area contributed by atoms with Crippen LogP contribution in [0.5, 0.6) is 0 Å². The summed E-state index contributed by atoms with van der Waals surface area (Å²) < 4.78 is 23.7. The third kappa shape index (κ3) is 2.77. The van der Waals surface area contributed by atoms with Gasteiger partial charge < -0.3 is 0 Å². The highest BCUT2D eigenvalue weighted by Gasteiger charge is 2.46. The van der Waals surface area contributed by atoms with Crippen LogP contribution in [-0.2, 0) is 9.84 Å². The van der Waals surface area contributed by atoms with Crippen molar-refractivity contribution in [3.05, 3.63) is 0 Å². The number of nitrogens with one attached hydrogen (secondary N) is 1. The van der Waals surface area contributed by atoms with E-state index >= 15 is 0 Å². The van der Waals surface area contributed by atoms with Crippen molar-refractivity contribution in [3.63, 3.8) is 0 Å². The van der Waals surface area contributed by atoms with Gasteiger partial charge >= 0.3 is 0 Å². The Morgan fingerprint density at radius 3 is 2.45 bits per heavy atom. The Kier molecular flexibility index (Phi) is 4.13. The van der Waals surface area contributed by atoms with Gasteiger partial charge in [-0.25, -0.2) is 8.42 Å². The summed E-state index contributed by atoms with van der Waals surface area (Å²) in [5.41, 5.74) is 3.08. The highest BCUT2D eigenvalue weighted by molar-refractivity contribution is 7.91. The second-order valence-electron chi connectivity index (χ2n) is 7.41. The number of hydrogen-bond donors (Lipinski definition) is 2. The van der Waals surface area contributed by atoms with Crippen molar-refractivity contribution in [2.45, 2.75) is 62.7 Å². The molecule has 0 amide bonds. The summed E-state index contributed by atoms with van der Waals surface area (Å²) in [6.07, 6.45) is 10.6. The molecule has 0 spiro atoms. The van der Waals surface area contributed by atoms with Gasteiger partial charge in [0.1, 0.15) is 9.84 Å². The highest BCUT2D eigenvalue weighted by atomic mass is 32.2. The zero-order valence-electron chi connectivity index (χ0n) is 12.4. The molecule has 3 rings (SSSR count). The van der Waals surface area contributed by atoms with Gasteiger partial charge in [0.25, 0.3) is 0 Å². The molecule has 5 heteroatoms. The van der Waals surface area contributed by atoms with Crippen LogP contribution in [0, 0.1) is 23.7 Å². The van der Waals surface area contributed by atoms with Gasteiger partial charge in [-0.2, -0.15) is 0 Å². The van der Waals surface area contributed by atoms with Crippen molar-refractivity contribution in [3.8, 4) is 0 Å². The normalized spacial score (nSPS) is 42.8. The molecule has 2 bridgehead atoms. The molecule has 0 aromatic carbocycles. The molecule has 4 nitrogen and oxygen atoms in total. The Hall–Kier alpha value is -0.130. The zero-order valence-corrected chi connectivity index (χ0v) is 13.2. The van der Waals surface area contributed by atoms with Gasteiger partial charge in [0.15, 0.2) is 0 Å². The molecule has 0 heterocycles. The monoisotopic (exact) mass is 300 g/mol. The molecule has 3 saturated carbocycles. The van der Waals surface area contributed by atoms with E-state index in [1.54, 1.807) is 0 Å². The number of hydrazine groups is 1. The summed E-state index contributed by atoms with van der Waals surface area (Å²) in [7, 11) is -2.90. The van der Waals surface area contributed by atoms with Crippen molar-refractivity contribution in [1.29, 1.82) is 0 Å². The number of fused-ring (bicyclic) bond motifs is 2. The van der Waals surface area contributed by atoms with Crippen LogP contribution in [0.4, 0.5) is 0 Å². The van der Waals surface area contributed by atoms with Crippen LogP contribution in [0.2, 0.25) is 0 Å². The molecule has 0 saturated heterocycles. The molecule has 6 unspecified atom stereocenters. The first-order valence-corrected chi connectivity index (χ1v) is 10.1. The average molecular weight is 300 g/mol. The number of nitrogens with two attached hydrogens (primary N) is 1. The SMILES string of the molecule is CS(=O)(=O)C1CCCC(C(NN)C2CC3CCC2C3)C1. The van der Waals surface area contributed by atoms with E-state index in [1.165, 1.54) is 31.9 Å². The van der Waals surface area contributed by atoms with Crippen LogP contribution >= 0.6 is 0 Å². The fraction of sp³-hybridized carbons (Fsp3) is 1.00. The molecule has 3 aliphatic carbocycles. The van der Waals surface area contributed by atoms with Gasteiger partial charge in [0.2, 0.25) is 0 Å². The first kappa shape index (κ1) is 14.8. The van der Waals surface area contributed by atoms with E-state index in [0.29, 0.717) is 17.9 Å². The maximum absolute atomic E-state index is 11.8. The van der Waals surface area contributed by atoms with Crippen molar-refractivity contribution in [2.75, 3.05) is 6.26 Å². The molecule has 20 heavy (non-hydrogen) atoms. The minimum Gasteiger partial charge on any atom is -0.271 e. The summed E-state index contributed by atoms with van der Waals surface area (Å²) in [6, 6.07) is 0.329. The second-order valence-corrected chi connectivity index (χ2v) is 9.74. The van der Waals surface area contributed by atoms with Gasteiger partial charge in [-0.15, -0.1) is 0 Å². The van der Waals surface area contributed by atoms with Gasteiger partial charge in [-0.05, 0) is 62.2 Å². The van der Waals surface area contributed by atoms with Crippen LogP contribution in [0.25, 0.3) is 0 Å². The lowest BCUT2D eigenvalue weighted by Crippen LogP contribution is -2.49. The van der Waals surface area contributed by atoms with E-state index in [-0.39, 0.29) is 5.25 Å². The van der Waals surface area contributed by atoms with Crippen molar-refractivity contribution < 1.29 is 8.42 Å². The largest absolute Gasteiger partial charge is 0.271 e. The molecule has 3 fully saturated rings. The van der Waals surface area contributed by atoms with Crippen molar-refractivity contribution in [2.24, 2.45) is 29.5 Å². The fourth-order valence-corrected chi connectivity index (χ4v) is 6.43. The molecule has 6 atom stereocenters. The Balaban J connectivity index is 1.70. The molecular weight excluding hydrogens is 272 g/mol. The van der Waals surface area contributed by atoms with Crippen LogP contribution < -0.4 is 11.3 Å². The lowest BCUT2D eigenvalue weighted by atomic mass is 9.73. The minimum absolute atomic E-state index is 0.143. The summed E-state index contributed by atoms with van der Waals surface area (Å²) in [4.78, 5) is 0. The fourth-order valence-electron chi connectivity index (χ4n) is 5.24. The zero-order chi connectivity index (χ0) is 14.3. The smallest absolute Gasteiger partial charge is 0.150 e. The molecule has 3 N–H and O–H groups in total. The summed E-state index contributed by atoms with van der Waals surface area (Å²) in [6.45, 7) is 0. The Bertz CT molecular complexity index is 451. The Labute approximate surface area is 122 Å². The van der Waals surface area contributed by atoms with E-state index < -0.39 is 9.84 Å². The lowest BCUT2D eigenvalue weighted by Gasteiger charge is -2.39.